The summed E-state index contributed by atoms with van der Waals surface area (Å²) in [6.07, 6.45) is 3.48. The number of nitrogens with one attached hydrogen (secondary N) is 1. The van der Waals surface area contributed by atoms with E-state index in [1.54, 1.807) is 35.1 Å². The van der Waals surface area contributed by atoms with E-state index in [1.807, 2.05) is 12.3 Å². The second-order valence-electron chi connectivity index (χ2n) is 4.17. The lowest BCUT2D eigenvalue weighted by molar-refractivity contribution is -0.153. The van der Waals surface area contributed by atoms with Crippen molar-refractivity contribution in [3.8, 4) is 11.4 Å². The third kappa shape index (κ3) is 2.07. The van der Waals surface area contributed by atoms with E-state index in [2.05, 4.69) is 20.9 Å². The summed E-state index contributed by atoms with van der Waals surface area (Å²) in [5, 5.41) is 20.4. The van der Waals surface area contributed by atoms with Crippen LogP contribution in [-0.2, 0) is 4.79 Å². The molecule has 0 radical (unpaired) electrons. The summed E-state index contributed by atoms with van der Waals surface area (Å²) < 4.78 is 7.13. The molecule has 0 bridgehead atoms. The lowest BCUT2D eigenvalue weighted by Gasteiger charge is -2.20. The summed E-state index contributed by atoms with van der Waals surface area (Å²) >= 11 is 0. The minimum atomic E-state index is -1.70. The van der Waals surface area contributed by atoms with Crippen LogP contribution in [0.4, 0.5) is 0 Å². The highest BCUT2D eigenvalue weighted by Gasteiger charge is 2.45. The van der Waals surface area contributed by atoms with E-state index in [9.17, 15) is 9.90 Å². The quantitative estimate of drug-likeness (QED) is 0.865. The Morgan fingerprint density at radius 2 is 2.20 bits per heavy atom. The maximum absolute atomic E-state index is 11.2. The zero-order valence-corrected chi connectivity index (χ0v) is 10.3. The van der Waals surface area contributed by atoms with Crippen LogP contribution in [-0.4, -0.2) is 33.1 Å². The number of aliphatic carboxylic acids is 1. The molecule has 1 atom stereocenters. The lowest BCUT2D eigenvalue weighted by atomic mass is 10.2. The fourth-order valence-electron chi connectivity index (χ4n) is 1.80. The summed E-state index contributed by atoms with van der Waals surface area (Å²) in [5.41, 5.74) is 1.63. The molecule has 0 fully saturated rings. The average Bonchev–Trinajstić information content (AvgIpc) is 3.11. The first kappa shape index (κ1) is 12.2. The second kappa shape index (κ2) is 4.65. The van der Waals surface area contributed by atoms with Gasteiger partial charge in [-0.1, -0.05) is 5.22 Å². The highest BCUT2D eigenvalue weighted by Crippen LogP contribution is 2.23. The van der Waals surface area contributed by atoms with Crippen LogP contribution < -0.4 is 10.2 Å². The highest BCUT2D eigenvalue weighted by molar-refractivity contribution is 5.78. The van der Waals surface area contributed by atoms with Crippen LogP contribution in [0.15, 0.2) is 53.1 Å². The molecule has 2 heterocycles. The minimum Gasteiger partial charge on any atom is -0.477 e. The Morgan fingerprint density at radius 3 is 2.75 bits per heavy atom. The first-order valence-corrected chi connectivity index (χ1v) is 5.87. The van der Waals surface area contributed by atoms with Crippen LogP contribution in [0.5, 0.6) is 5.75 Å². The molecule has 0 saturated carbocycles. The Kier molecular flexibility index (Phi) is 2.82. The van der Waals surface area contributed by atoms with E-state index in [0.29, 0.717) is 5.75 Å². The monoisotopic (exact) mass is 273 g/mol. The highest BCUT2D eigenvalue weighted by atomic mass is 16.5. The Morgan fingerprint density at radius 1 is 1.40 bits per heavy atom. The number of benzene rings is 1. The zero-order valence-electron chi connectivity index (χ0n) is 10.3. The van der Waals surface area contributed by atoms with E-state index in [0.717, 1.165) is 5.69 Å². The molecule has 0 amide bonds. The van der Waals surface area contributed by atoms with Crippen molar-refractivity contribution in [3.05, 3.63) is 42.7 Å². The SMILES string of the molecule is O=C(O)C1(Oc2ccc(-n3cccn3)cc2)CNN=N1. The molecule has 0 spiro atoms. The molecule has 3 rings (SSSR count). The van der Waals surface area contributed by atoms with Gasteiger partial charge in [-0.15, -0.1) is 5.11 Å². The smallest absolute Gasteiger partial charge is 0.375 e. The summed E-state index contributed by atoms with van der Waals surface area (Å²) in [7, 11) is 0. The first-order valence-electron chi connectivity index (χ1n) is 5.87. The van der Waals surface area contributed by atoms with Gasteiger partial charge in [0.2, 0.25) is 0 Å². The van der Waals surface area contributed by atoms with Gasteiger partial charge in [-0.05, 0) is 30.3 Å². The van der Waals surface area contributed by atoms with Crippen LogP contribution >= 0.6 is 0 Å². The van der Waals surface area contributed by atoms with Crippen LogP contribution in [0.25, 0.3) is 5.69 Å². The topological polar surface area (TPSA) is 101 Å². The zero-order chi connectivity index (χ0) is 14.0. The lowest BCUT2D eigenvalue weighted by Crippen LogP contribution is -2.46. The van der Waals surface area contributed by atoms with Gasteiger partial charge in [0.05, 0.1) is 5.69 Å². The number of aromatic nitrogens is 2. The molecule has 1 unspecified atom stereocenters. The van der Waals surface area contributed by atoms with E-state index >= 15 is 0 Å². The van der Waals surface area contributed by atoms with Crippen LogP contribution in [0, 0.1) is 0 Å². The Labute approximate surface area is 113 Å². The molecule has 2 N–H and O–H groups in total. The third-order valence-corrected chi connectivity index (χ3v) is 2.83. The van der Waals surface area contributed by atoms with Gasteiger partial charge in [-0.2, -0.15) is 5.10 Å². The van der Waals surface area contributed by atoms with Crippen LogP contribution in [0.3, 0.4) is 0 Å². The van der Waals surface area contributed by atoms with E-state index in [1.165, 1.54) is 0 Å². The molecule has 1 aromatic heterocycles. The van der Waals surface area contributed by atoms with E-state index in [4.69, 9.17) is 4.74 Å². The number of ether oxygens (including phenoxy) is 1. The second-order valence-corrected chi connectivity index (χ2v) is 4.17. The molecule has 1 aliphatic rings. The number of nitrogens with zero attached hydrogens (tertiary/aromatic N) is 4. The predicted octanol–water partition coefficient (Wildman–Crippen LogP) is 1.00. The number of hydrogen-bond donors (Lipinski definition) is 2. The fourth-order valence-corrected chi connectivity index (χ4v) is 1.80. The number of carboxylic acids is 1. The van der Waals surface area contributed by atoms with Crippen molar-refractivity contribution < 1.29 is 14.6 Å². The minimum absolute atomic E-state index is 0.0107. The summed E-state index contributed by atoms with van der Waals surface area (Å²) in [6, 6.07) is 8.69. The van der Waals surface area contributed by atoms with Gasteiger partial charge in [0, 0.05) is 12.4 Å². The summed E-state index contributed by atoms with van der Waals surface area (Å²) in [6.45, 7) is -0.0107. The normalized spacial score (nSPS) is 20.6. The van der Waals surface area contributed by atoms with Crippen molar-refractivity contribution >= 4 is 5.97 Å². The first-order chi connectivity index (χ1) is 9.70. The van der Waals surface area contributed by atoms with Crippen LogP contribution in [0.2, 0.25) is 0 Å². The molecule has 0 saturated heterocycles. The number of carboxylic acid groups (broad SMARTS) is 1. The molecule has 8 nitrogen and oxygen atoms in total. The molecule has 20 heavy (non-hydrogen) atoms. The number of hydrogen-bond acceptors (Lipinski definition) is 6. The molecule has 1 aliphatic heterocycles. The molecule has 8 heteroatoms. The number of rotatable bonds is 4. The third-order valence-electron chi connectivity index (χ3n) is 2.83. The molecule has 0 aliphatic carbocycles. The molecular formula is C12H11N5O3. The molecular weight excluding hydrogens is 262 g/mol. The summed E-state index contributed by atoms with van der Waals surface area (Å²) in [4.78, 5) is 11.2. The van der Waals surface area contributed by atoms with Gasteiger partial charge in [0.25, 0.3) is 0 Å². The van der Waals surface area contributed by atoms with Gasteiger partial charge in [-0.3, -0.25) is 5.43 Å². The van der Waals surface area contributed by atoms with Crippen molar-refractivity contribution in [2.45, 2.75) is 5.72 Å². The van der Waals surface area contributed by atoms with Crippen LogP contribution in [0.1, 0.15) is 0 Å². The van der Waals surface area contributed by atoms with Gasteiger partial charge >= 0.3 is 11.7 Å². The predicted molar refractivity (Wildman–Crippen MR) is 67.4 cm³/mol. The van der Waals surface area contributed by atoms with Crippen molar-refractivity contribution in [2.75, 3.05) is 6.54 Å². The van der Waals surface area contributed by atoms with Crippen molar-refractivity contribution in [2.24, 2.45) is 10.3 Å². The Hall–Kier alpha value is -2.90. The Balaban J connectivity index is 1.82. The van der Waals surface area contributed by atoms with Gasteiger partial charge < -0.3 is 9.84 Å². The largest absolute Gasteiger partial charge is 0.477 e. The van der Waals surface area contributed by atoms with Crippen molar-refractivity contribution in [3.63, 3.8) is 0 Å². The fraction of sp³-hybridized carbons (Fsp3) is 0.167. The summed E-state index contributed by atoms with van der Waals surface area (Å²) in [5.74, 6) is -0.798. The Bertz CT molecular complexity index is 638. The molecule has 1 aromatic carbocycles. The van der Waals surface area contributed by atoms with Gasteiger partial charge in [0.1, 0.15) is 12.3 Å². The van der Waals surface area contributed by atoms with Crippen molar-refractivity contribution in [1.82, 2.24) is 15.2 Å². The molecule has 2 aromatic rings. The van der Waals surface area contributed by atoms with Gasteiger partial charge in [-0.25, -0.2) is 9.48 Å². The van der Waals surface area contributed by atoms with E-state index in [-0.39, 0.29) is 6.54 Å². The van der Waals surface area contributed by atoms with Crippen molar-refractivity contribution in [1.29, 1.82) is 0 Å². The standard InChI is InChI=1S/C12H11N5O3/c18-11(19)12(8-13-16-15-12)20-10-4-2-9(3-5-10)17-7-1-6-14-17/h1-7H,8H2,(H,13,15)(H,18,19). The maximum Gasteiger partial charge on any atom is 0.375 e. The maximum atomic E-state index is 11.2. The molecule has 102 valence electrons. The van der Waals surface area contributed by atoms with Gasteiger partial charge in [0.15, 0.2) is 0 Å². The van der Waals surface area contributed by atoms with E-state index < -0.39 is 11.7 Å². The number of carbonyl (C=O) groups is 1. The average molecular weight is 273 g/mol.